The number of benzene rings is 1. The number of hydrogen-bond acceptors (Lipinski definition) is 5. The highest BCUT2D eigenvalue weighted by molar-refractivity contribution is 7.14. The van der Waals surface area contributed by atoms with Crippen LogP contribution in [0.25, 0.3) is 11.3 Å². The Bertz CT molecular complexity index is 973. The number of carbonyl (C=O) groups excluding carboxylic acids is 1. The lowest BCUT2D eigenvalue weighted by atomic mass is 10.2. The van der Waals surface area contributed by atoms with E-state index in [1.54, 1.807) is 4.57 Å². The van der Waals surface area contributed by atoms with Crippen LogP contribution in [0.3, 0.4) is 0 Å². The molecule has 3 aromatic rings. The van der Waals surface area contributed by atoms with Gasteiger partial charge in [0.15, 0.2) is 5.13 Å². The van der Waals surface area contributed by atoms with Crippen molar-refractivity contribution in [3.8, 4) is 11.3 Å². The Balaban J connectivity index is 1.45. The average Bonchev–Trinajstić information content (AvgIpc) is 3.13. The minimum absolute atomic E-state index is 0.0981. The topological polar surface area (TPSA) is 81.8 Å². The fourth-order valence-corrected chi connectivity index (χ4v) is 3.83. The molecule has 4 rings (SSSR count). The second-order valence-corrected chi connectivity index (χ2v) is 7.13. The predicted octanol–water partition coefficient (Wildman–Crippen LogP) is 2.53. The SMILES string of the molecule is O=C(Cn1nc2n(c1=O)CCCCC2)Nc1nc(-c2ccccc2)cs1. The van der Waals surface area contributed by atoms with Gasteiger partial charge >= 0.3 is 5.69 Å². The van der Waals surface area contributed by atoms with Gasteiger partial charge in [-0.25, -0.2) is 14.5 Å². The summed E-state index contributed by atoms with van der Waals surface area (Å²) >= 11 is 1.36. The number of aromatic nitrogens is 4. The molecule has 1 aliphatic rings. The first-order chi connectivity index (χ1) is 12.7. The van der Waals surface area contributed by atoms with Gasteiger partial charge in [0.25, 0.3) is 0 Å². The highest BCUT2D eigenvalue weighted by atomic mass is 32.1. The van der Waals surface area contributed by atoms with Crippen LogP contribution in [-0.2, 0) is 24.3 Å². The van der Waals surface area contributed by atoms with Gasteiger partial charge in [-0.3, -0.25) is 9.36 Å². The Kier molecular flexibility index (Phi) is 4.66. The lowest BCUT2D eigenvalue weighted by Crippen LogP contribution is -2.30. The van der Waals surface area contributed by atoms with Crippen molar-refractivity contribution in [2.75, 3.05) is 5.32 Å². The number of nitrogens with zero attached hydrogens (tertiary/aromatic N) is 4. The van der Waals surface area contributed by atoms with E-state index in [0.29, 0.717) is 11.7 Å². The van der Waals surface area contributed by atoms with Crippen LogP contribution < -0.4 is 11.0 Å². The predicted molar refractivity (Wildman–Crippen MR) is 100 cm³/mol. The molecule has 0 atom stereocenters. The van der Waals surface area contributed by atoms with Gasteiger partial charge in [-0.05, 0) is 12.8 Å². The maximum Gasteiger partial charge on any atom is 0.346 e. The van der Waals surface area contributed by atoms with Gasteiger partial charge in [0.2, 0.25) is 5.91 Å². The number of amides is 1. The summed E-state index contributed by atoms with van der Waals surface area (Å²) in [5.41, 5.74) is 1.61. The molecule has 3 heterocycles. The van der Waals surface area contributed by atoms with E-state index in [4.69, 9.17) is 0 Å². The summed E-state index contributed by atoms with van der Waals surface area (Å²) in [6.07, 6.45) is 3.91. The summed E-state index contributed by atoms with van der Waals surface area (Å²) in [5.74, 6) is 0.482. The van der Waals surface area contributed by atoms with Crippen LogP contribution in [0.5, 0.6) is 0 Å². The van der Waals surface area contributed by atoms with Crippen LogP contribution in [0.1, 0.15) is 25.1 Å². The van der Waals surface area contributed by atoms with Gasteiger partial charge in [-0.2, -0.15) is 5.10 Å². The lowest BCUT2D eigenvalue weighted by Gasteiger charge is -2.01. The molecule has 8 heteroatoms. The van der Waals surface area contributed by atoms with Crippen molar-refractivity contribution in [1.82, 2.24) is 19.3 Å². The van der Waals surface area contributed by atoms with Crippen LogP contribution in [-0.4, -0.2) is 25.2 Å². The molecule has 7 nitrogen and oxygen atoms in total. The fourth-order valence-electron chi connectivity index (χ4n) is 3.10. The molecule has 0 radical (unpaired) electrons. The summed E-state index contributed by atoms with van der Waals surface area (Å²) in [6.45, 7) is 0.585. The van der Waals surface area contributed by atoms with Crippen LogP contribution in [0, 0.1) is 0 Å². The third-order valence-electron chi connectivity index (χ3n) is 4.39. The Hall–Kier alpha value is -2.74. The average molecular weight is 369 g/mol. The molecule has 0 unspecified atom stereocenters. The molecule has 1 N–H and O–H groups in total. The molecular formula is C18H19N5O2S. The van der Waals surface area contributed by atoms with Gasteiger partial charge < -0.3 is 5.32 Å². The normalized spacial score (nSPS) is 13.8. The number of carbonyl (C=O) groups is 1. The van der Waals surface area contributed by atoms with E-state index in [0.717, 1.165) is 42.8 Å². The van der Waals surface area contributed by atoms with Crippen LogP contribution in [0.15, 0.2) is 40.5 Å². The first kappa shape index (κ1) is 16.7. The summed E-state index contributed by atoms with van der Waals surface area (Å²) in [6, 6.07) is 9.78. The van der Waals surface area contributed by atoms with Gasteiger partial charge in [0.05, 0.1) is 5.69 Å². The van der Waals surface area contributed by atoms with E-state index in [9.17, 15) is 9.59 Å². The lowest BCUT2D eigenvalue weighted by molar-refractivity contribution is -0.117. The van der Waals surface area contributed by atoms with Gasteiger partial charge in [-0.1, -0.05) is 36.8 Å². The van der Waals surface area contributed by atoms with E-state index >= 15 is 0 Å². The van der Waals surface area contributed by atoms with Crippen LogP contribution >= 0.6 is 11.3 Å². The molecule has 0 saturated carbocycles. The van der Waals surface area contributed by atoms with E-state index in [2.05, 4.69) is 15.4 Å². The highest BCUT2D eigenvalue weighted by Gasteiger charge is 2.17. The van der Waals surface area contributed by atoms with Crippen molar-refractivity contribution in [2.45, 2.75) is 38.8 Å². The standard InChI is InChI=1S/C18H19N5O2S/c24-16(11-23-18(25)22-10-6-2-5-9-15(22)21-23)20-17-19-14(12-26-17)13-7-3-1-4-8-13/h1,3-4,7-8,12H,2,5-6,9-11H2,(H,19,20,24). The number of fused-ring (bicyclic) bond motifs is 1. The van der Waals surface area contributed by atoms with Gasteiger partial charge in [-0.15, -0.1) is 11.3 Å². The minimum Gasteiger partial charge on any atom is -0.300 e. The van der Waals surface area contributed by atoms with Gasteiger partial charge in [0.1, 0.15) is 12.4 Å². The number of rotatable bonds is 4. The van der Waals surface area contributed by atoms with Crippen molar-refractivity contribution in [3.63, 3.8) is 0 Å². The van der Waals surface area contributed by atoms with Gasteiger partial charge in [0, 0.05) is 23.9 Å². The van der Waals surface area contributed by atoms with Crippen LogP contribution in [0.2, 0.25) is 0 Å². The zero-order valence-electron chi connectivity index (χ0n) is 14.2. The summed E-state index contributed by atoms with van der Waals surface area (Å²) in [5, 5.41) is 9.51. The number of anilines is 1. The van der Waals surface area contributed by atoms with Crippen molar-refractivity contribution >= 4 is 22.4 Å². The zero-order chi connectivity index (χ0) is 17.9. The molecule has 0 aliphatic carbocycles. The molecule has 0 spiro atoms. The maximum atomic E-state index is 12.4. The molecule has 0 saturated heterocycles. The minimum atomic E-state index is -0.297. The van der Waals surface area contributed by atoms with E-state index in [1.807, 2.05) is 35.7 Å². The second kappa shape index (κ2) is 7.25. The third kappa shape index (κ3) is 3.45. The summed E-state index contributed by atoms with van der Waals surface area (Å²) < 4.78 is 2.94. The Morgan fingerprint density at radius 2 is 2.04 bits per heavy atom. The molecule has 1 amide bonds. The largest absolute Gasteiger partial charge is 0.346 e. The number of hydrogen-bond donors (Lipinski definition) is 1. The molecule has 1 aliphatic heterocycles. The monoisotopic (exact) mass is 369 g/mol. The Morgan fingerprint density at radius 1 is 1.19 bits per heavy atom. The first-order valence-electron chi connectivity index (χ1n) is 8.68. The number of thiazole rings is 1. The van der Waals surface area contributed by atoms with Crippen molar-refractivity contribution in [1.29, 1.82) is 0 Å². The van der Waals surface area contributed by atoms with E-state index in [-0.39, 0.29) is 18.1 Å². The van der Waals surface area contributed by atoms with E-state index in [1.165, 1.54) is 16.0 Å². The fraction of sp³-hybridized carbons (Fsp3) is 0.333. The maximum absolute atomic E-state index is 12.4. The van der Waals surface area contributed by atoms with Crippen molar-refractivity contribution in [3.05, 3.63) is 52.0 Å². The molecule has 1 aromatic carbocycles. The molecule has 134 valence electrons. The number of nitrogens with one attached hydrogen (secondary N) is 1. The highest BCUT2D eigenvalue weighted by Crippen LogP contribution is 2.24. The zero-order valence-corrected chi connectivity index (χ0v) is 15.0. The third-order valence-corrected chi connectivity index (χ3v) is 5.15. The van der Waals surface area contributed by atoms with Crippen molar-refractivity contribution < 1.29 is 4.79 Å². The first-order valence-corrected chi connectivity index (χ1v) is 9.56. The smallest absolute Gasteiger partial charge is 0.300 e. The molecule has 0 fully saturated rings. The van der Waals surface area contributed by atoms with E-state index < -0.39 is 0 Å². The molecule has 26 heavy (non-hydrogen) atoms. The number of aryl methyl sites for hydroxylation is 1. The Labute approximate surface area is 154 Å². The Morgan fingerprint density at radius 3 is 2.88 bits per heavy atom. The quantitative estimate of drug-likeness (QED) is 0.766. The molecular weight excluding hydrogens is 350 g/mol. The summed E-state index contributed by atoms with van der Waals surface area (Å²) in [7, 11) is 0. The summed E-state index contributed by atoms with van der Waals surface area (Å²) in [4.78, 5) is 29.2. The van der Waals surface area contributed by atoms with Crippen molar-refractivity contribution in [2.24, 2.45) is 0 Å². The second-order valence-electron chi connectivity index (χ2n) is 6.27. The molecule has 2 aromatic heterocycles. The molecule has 0 bridgehead atoms. The van der Waals surface area contributed by atoms with Crippen LogP contribution in [0.4, 0.5) is 5.13 Å².